The summed E-state index contributed by atoms with van der Waals surface area (Å²) in [4.78, 5) is 0. The third kappa shape index (κ3) is 4.79. The summed E-state index contributed by atoms with van der Waals surface area (Å²) in [6, 6.07) is 2.02. The molecule has 4 nitrogen and oxygen atoms in total. The van der Waals surface area contributed by atoms with Crippen molar-refractivity contribution in [2.24, 2.45) is 0 Å². The van der Waals surface area contributed by atoms with Crippen LogP contribution < -0.4 is 5.32 Å². The van der Waals surface area contributed by atoms with Crippen molar-refractivity contribution < 1.29 is 10.2 Å². The standard InChI is InChI=1S/C12H22N2O2/c1-12(2,3)13-6-10-4-5-14(7-10)8-11(16)9-15/h4-5,7,11,13,15-16H,6,8-9H2,1-3H3. The number of hydrogen-bond donors (Lipinski definition) is 3. The first kappa shape index (κ1) is 13.2. The molecule has 0 amide bonds. The molecule has 0 radical (unpaired) electrons. The molecule has 1 rings (SSSR count). The lowest BCUT2D eigenvalue weighted by atomic mass is 10.1. The molecule has 92 valence electrons. The average Bonchev–Trinajstić information content (AvgIpc) is 2.61. The van der Waals surface area contributed by atoms with E-state index in [9.17, 15) is 5.11 Å². The van der Waals surface area contributed by atoms with Crippen molar-refractivity contribution in [3.63, 3.8) is 0 Å². The lowest BCUT2D eigenvalue weighted by Crippen LogP contribution is -2.34. The molecule has 3 N–H and O–H groups in total. The largest absolute Gasteiger partial charge is 0.394 e. The molecule has 0 aromatic carbocycles. The zero-order valence-corrected chi connectivity index (χ0v) is 10.3. The van der Waals surface area contributed by atoms with Crippen molar-refractivity contribution in [1.29, 1.82) is 0 Å². The molecular weight excluding hydrogens is 204 g/mol. The predicted molar refractivity (Wildman–Crippen MR) is 64.1 cm³/mol. The molecule has 16 heavy (non-hydrogen) atoms. The number of hydrogen-bond acceptors (Lipinski definition) is 3. The van der Waals surface area contributed by atoms with Crippen molar-refractivity contribution in [1.82, 2.24) is 9.88 Å². The fraction of sp³-hybridized carbons (Fsp3) is 0.667. The van der Waals surface area contributed by atoms with Crippen LogP contribution in [0.15, 0.2) is 18.5 Å². The van der Waals surface area contributed by atoms with Gasteiger partial charge in [-0.2, -0.15) is 0 Å². The molecular formula is C12H22N2O2. The van der Waals surface area contributed by atoms with Gasteiger partial charge in [-0.15, -0.1) is 0 Å². The van der Waals surface area contributed by atoms with E-state index in [1.807, 2.05) is 23.0 Å². The molecule has 0 aliphatic rings. The first-order valence-electron chi connectivity index (χ1n) is 5.59. The Labute approximate surface area is 96.9 Å². The molecule has 0 spiro atoms. The number of aliphatic hydroxyl groups is 2. The molecule has 4 heteroatoms. The van der Waals surface area contributed by atoms with Gasteiger partial charge in [-0.05, 0) is 32.4 Å². The van der Waals surface area contributed by atoms with Crippen molar-refractivity contribution in [2.75, 3.05) is 6.61 Å². The van der Waals surface area contributed by atoms with Crippen molar-refractivity contribution in [3.8, 4) is 0 Å². The smallest absolute Gasteiger partial charge is 0.0949 e. The Balaban J connectivity index is 2.45. The van der Waals surface area contributed by atoms with Gasteiger partial charge in [0.2, 0.25) is 0 Å². The number of aliphatic hydroxyl groups excluding tert-OH is 2. The highest BCUT2D eigenvalue weighted by Gasteiger charge is 2.09. The van der Waals surface area contributed by atoms with Gasteiger partial charge in [0.05, 0.1) is 19.3 Å². The summed E-state index contributed by atoms with van der Waals surface area (Å²) in [5, 5.41) is 21.4. The summed E-state index contributed by atoms with van der Waals surface area (Å²) < 4.78 is 1.89. The normalized spacial score (nSPS) is 14.1. The quantitative estimate of drug-likeness (QED) is 0.693. The third-order valence-electron chi connectivity index (χ3n) is 2.27. The van der Waals surface area contributed by atoms with Crippen LogP contribution in [0.5, 0.6) is 0 Å². The van der Waals surface area contributed by atoms with E-state index in [-0.39, 0.29) is 12.1 Å². The molecule has 1 unspecified atom stereocenters. The Bertz CT molecular complexity index is 315. The second kappa shape index (κ2) is 5.48. The maximum Gasteiger partial charge on any atom is 0.0949 e. The Morgan fingerprint density at radius 2 is 2.12 bits per heavy atom. The molecule has 1 aromatic rings. The summed E-state index contributed by atoms with van der Waals surface area (Å²) in [6.07, 6.45) is 3.21. The fourth-order valence-electron chi connectivity index (χ4n) is 1.38. The van der Waals surface area contributed by atoms with Crippen LogP contribution in [0, 0.1) is 0 Å². The highest BCUT2D eigenvalue weighted by molar-refractivity contribution is 5.10. The number of nitrogens with one attached hydrogen (secondary N) is 1. The first-order chi connectivity index (χ1) is 7.40. The van der Waals surface area contributed by atoms with E-state index in [4.69, 9.17) is 5.11 Å². The van der Waals surface area contributed by atoms with E-state index < -0.39 is 6.10 Å². The maximum atomic E-state index is 9.29. The Kier molecular flexibility index (Phi) is 4.53. The van der Waals surface area contributed by atoms with E-state index in [0.29, 0.717) is 6.54 Å². The SMILES string of the molecule is CC(C)(C)NCc1ccn(CC(O)CO)c1. The van der Waals surface area contributed by atoms with Gasteiger partial charge in [-0.1, -0.05) is 0 Å². The third-order valence-corrected chi connectivity index (χ3v) is 2.27. The van der Waals surface area contributed by atoms with E-state index in [2.05, 4.69) is 26.1 Å². The number of nitrogens with zero attached hydrogens (tertiary/aromatic N) is 1. The van der Waals surface area contributed by atoms with Crippen molar-refractivity contribution >= 4 is 0 Å². The first-order valence-corrected chi connectivity index (χ1v) is 5.59. The van der Waals surface area contributed by atoms with Gasteiger partial charge in [0, 0.05) is 24.5 Å². The zero-order chi connectivity index (χ0) is 12.2. The fourth-order valence-corrected chi connectivity index (χ4v) is 1.38. The monoisotopic (exact) mass is 226 g/mol. The Morgan fingerprint density at radius 1 is 1.44 bits per heavy atom. The Morgan fingerprint density at radius 3 is 2.69 bits per heavy atom. The summed E-state index contributed by atoms with van der Waals surface area (Å²) >= 11 is 0. The van der Waals surface area contributed by atoms with Gasteiger partial charge in [-0.25, -0.2) is 0 Å². The number of aromatic nitrogens is 1. The summed E-state index contributed by atoms with van der Waals surface area (Å²) in [5.74, 6) is 0. The summed E-state index contributed by atoms with van der Waals surface area (Å²) in [7, 11) is 0. The van der Waals surface area contributed by atoms with Gasteiger partial charge in [0.25, 0.3) is 0 Å². The molecule has 0 saturated carbocycles. The van der Waals surface area contributed by atoms with Crippen molar-refractivity contribution in [3.05, 3.63) is 24.0 Å². The molecule has 0 aliphatic carbocycles. The van der Waals surface area contributed by atoms with Crippen molar-refractivity contribution in [2.45, 2.75) is 45.5 Å². The van der Waals surface area contributed by atoms with Crippen LogP contribution in [0.1, 0.15) is 26.3 Å². The molecule has 1 aromatic heterocycles. The summed E-state index contributed by atoms with van der Waals surface area (Å²) in [6.45, 7) is 7.42. The second-order valence-electron chi connectivity index (χ2n) is 5.16. The van der Waals surface area contributed by atoms with Gasteiger partial charge in [0.1, 0.15) is 0 Å². The zero-order valence-electron chi connectivity index (χ0n) is 10.3. The molecule has 0 bridgehead atoms. The van der Waals surface area contributed by atoms with Crippen LogP contribution >= 0.6 is 0 Å². The van der Waals surface area contributed by atoms with Gasteiger partial charge in [0.15, 0.2) is 0 Å². The molecule has 0 aliphatic heterocycles. The van der Waals surface area contributed by atoms with E-state index in [1.54, 1.807) is 0 Å². The lowest BCUT2D eigenvalue weighted by Gasteiger charge is -2.19. The molecule has 1 heterocycles. The number of rotatable bonds is 5. The maximum absolute atomic E-state index is 9.29. The molecule has 1 atom stereocenters. The predicted octanol–water partition coefficient (Wildman–Crippen LogP) is 0.729. The average molecular weight is 226 g/mol. The Hall–Kier alpha value is -0.840. The minimum Gasteiger partial charge on any atom is -0.394 e. The minimum absolute atomic E-state index is 0.104. The van der Waals surface area contributed by atoms with Gasteiger partial charge in [-0.3, -0.25) is 0 Å². The van der Waals surface area contributed by atoms with Gasteiger partial charge >= 0.3 is 0 Å². The highest BCUT2D eigenvalue weighted by atomic mass is 16.3. The van der Waals surface area contributed by atoms with Gasteiger partial charge < -0.3 is 20.1 Å². The van der Waals surface area contributed by atoms with Crippen LogP contribution in [0.3, 0.4) is 0 Å². The van der Waals surface area contributed by atoms with E-state index in [1.165, 1.54) is 5.56 Å². The van der Waals surface area contributed by atoms with E-state index in [0.717, 1.165) is 6.54 Å². The van der Waals surface area contributed by atoms with Crippen LogP contribution in [0.4, 0.5) is 0 Å². The molecule has 0 saturated heterocycles. The van der Waals surface area contributed by atoms with Crippen LogP contribution in [-0.2, 0) is 13.1 Å². The second-order valence-corrected chi connectivity index (χ2v) is 5.16. The minimum atomic E-state index is -0.684. The topological polar surface area (TPSA) is 57.4 Å². The van der Waals surface area contributed by atoms with Crippen LogP contribution in [0.2, 0.25) is 0 Å². The molecule has 0 fully saturated rings. The van der Waals surface area contributed by atoms with Crippen LogP contribution in [0.25, 0.3) is 0 Å². The highest BCUT2D eigenvalue weighted by Crippen LogP contribution is 2.06. The summed E-state index contributed by atoms with van der Waals surface area (Å²) in [5.41, 5.74) is 1.28. The lowest BCUT2D eigenvalue weighted by molar-refractivity contribution is 0.0813. The van der Waals surface area contributed by atoms with Crippen LogP contribution in [-0.4, -0.2) is 33.0 Å². The van der Waals surface area contributed by atoms with E-state index >= 15 is 0 Å².